The average molecular weight is 327 g/mol. The van der Waals surface area contributed by atoms with Crippen molar-refractivity contribution in [1.82, 2.24) is 0 Å². The van der Waals surface area contributed by atoms with Crippen LogP contribution in [0.15, 0.2) is 51.3 Å². The molecule has 2 aromatic rings. The molecule has 0 aliphatic heterocycles. The fourth-order valence-electron chi connectivity index (χ4n) is 1.71. The van der Waals surface area contributed by atoms with Crippen molar-refractivity contribution < 1.29 is 5.21 Å². The summed E-state index contributed by atoms with van der Waals surface area (Å²) in [5.74, 6) is 0.0642. The van der Waals surface area contributed by atoms with Gasteiger partial charge in [0.05, 0.1) is 5.02 Å². The molecule has 0 aliphatic carbocycles. The molecule has 0 unspecified atom stereocenters. The summed E-state index contributed by atoms with van der Waals surface area (Å²) in [4.78, 5) is 1.70. The van der Waals surface area contributed by atoms with Gasteiger partial charge in [-0.25, -0.2) is 0 Å². The Labute approximate surface area is 131 Å². The number of halogens is 2. The van der Waals surface area contributed by atoms with Crippen molar-refractivity contribution in [3.05, 3.63) is 57.6 Å². The Balaban J connectivity index is 2.50. The topological polar surface area (TPSA) is 58.6 Å². The first kappa shape index (κ1) is 15.0. The molecule has 104 valence electrons. The van der Waals surface area contributed by atoms with Crippen molar-refractivity contribution in [1.29, 1.82) is 0 Å². The largest absolute Gasteiger partial charge is 0.409 e. The van der Waals surface area contributed by atoms with Gasteiger partial charge in [0, 0.05) is 20.4 Å². The molecule has 0 radical (unpaired) electrons. The van der Waals surface area contributed by atoms with Gasteiger partial charge >= 0.3 is 0 Å². The minimum atomic E-state index is 0.0642. The summed E-state index contributed by atoms with van der Waals surface area (Å²) in [6.45, 7) is 1.95. The van der Waals surface area contributed by atoms with E-state index < -0.39 is 0 Å². The highest BCUT2D eigenvalue weighted by Gasteiger charge is 2.13. The maximum absolute atomic E-state index is 8.87. The van der Waals surface area contributed by atoms with Crippen molar-refractivity contribution in [3.8, 4) is 0 Å². The van der Waals surface area contributed by atoms with Crippen molar-refractivity contribution >= 4 is 40.8 Å². The van der Waals surface area contributed by atoms with Crippen LogP contribution >= 0.6 is 35.0 Å². The van der Waals surface area contributed by atoms with E-state index in [0.29, 0.717) is 15.6 Å². The molecule has 0 bridgehead atoms. The predicted octanol–water partition coefficient (Wildman–Crippen LogP) is 4.55. The van der Waals surface area contributed by atoms with Gasteiger partial charge in [-0.15, -0.1) is 0 Å². The highest BCUT2D eigenvalue weighted by molar-refractivity contribution is 7.99. The van der Waals surface area contributed by atoms with Crippen LogP contribution in [-0.4, -0.2) is 11.0 Å². The summed E-state index contributed by atoms with van der Waals surface area (Å²) >= 11 is 13.6. The quantitative estimate of drug-likeness (QED) is 0.376. The van der Waals surface area contributed by atoms with Crippen molar-refractivity contribution in [2.24, 2.45) is 10.9 Å². The van der Waals surface area contributed by atoms with Crippen LogP contribution in [0.1, 0.15) is 11.1 Å². The van der Waals surface area contributed by atoms with Gasteiger partial charge in [0.25, 0.3) is 0 Å². The normalized spacial score (nSPS) is 11.7. The third kappa shape index (κ3) is 3.20. The molecule has 0 aliphatic rings. The Morgan fingerprint density at radius 1 is 1.25 bits per heavy atom. The fraction of sp³-hybridized carbons (Fsp3) is 0.0714. The number of amidine groups is 1. The monoisotopic (exact) mass is 326 g/mol. The van der Waals surface area contributed by atoms with E-state index in [1.807, 2.05) is 19.1 Å². The lowest BCUT2D eigenvalue weighted by Gasteiger charge is -2.12. The lowest BCUT2D eigenvalue weighted by atomic mass is 10.1. The molecule has 2 aromatic carbocycles. The second kappa shape index (κ2) is 6.39. The molecule has 3 nitrogen and oxygen atoms in total. The molecule has 0 heterocycles. The standard InChI is InChI=1S/C14H12Cl2N2OS/c1-8-3-2-4-10(14(17)18-19)13(8)20-12-7-9(15)5-6-11(12)16/h2-7,19H,1H3,(H2,17,18). The third-order valence-corrected chi connectivity index (χ3v) is 4.68. The molecular formula is C14H12Cl2N2OS. The smallest absolute Gasteiger partial charge is 0.171 e. The number of nitrogens with zero attached hydrogens (tertiary/aromatic N) is 1. The van der Waals surface area contributed by atoms with E-state index in [1.165, 1.54) is 11.8 Å². The molecule has 2 rings (SSSR count). The summed E-state index contributed by atoms with van der Waals surface area (Å²) < 4.78 is 0. The zero-order valence-corrected chi connectivity index (χ0v) is 12.9. The summed E-state index contributed by atoms with van der Waals surface area (Å²) in [5.41, 5.74) is 7.38. The zero-order chi connectivity index (χ0) is 14.7. The van der Waals surface area contributed by atoms with E-state index in [4.69, 9.17) is 34.1 Å². The number of hydrogen-bond donors (Lipinski definition) is 2. The SMILES string of the molecule is Cc1cccc(/C(N)=N/O)c1Sc1cc(Cl)ccc1Cl. The Bertz CT molecular complexity index is 674. The first-order valence-electron chi connectivity index (χ1n) is 5.73. The highest BCUT2D eigenvalue weighted by Crippen LogP contribution is 2.38. The summed E-state index contributed by atoms with van der Waals surface area (Å²) in [6.07, 6.45) is 0. The molecule has 0 saturated carbocycles. The lowest BCUT2D eigenvalue weighted by Crippen LogP contribution is -2.14. The zero-order valence-electron chi connectivity index (χ0n) is 10.6. The molecule has 0 fully saturated rings. The number of oxime groups is 1. The fourth-order valence-corrected chi connectivity index (χ4v) is 3.26. The van der Waals surface area contributed by atoms with Crippen molar-refractivity contribution in [3.63, 3.8) is 0 Å². The number of benzene rings is 2. The average Bonchev–Trinajstić information content (AvgIpc) is 2.44. The number of nitrogens with two attached hydrogens (primary N) is 1. The molecule has 0 atom stereocenters. The first-order chi connectivity index (χ1) is 9.52. The molecule has 0 aromatic heterocycles. The van der Waals surface area contributed by atoms with E-state index in [2.05, 4.69) is 5.16 Å². The van der Waals surface area contributed by atoms with Gasteiger partial charge in [-0.3, -0.25) is 0 Å². The molecule has 0 saturated heterocycles. The highest BCUT2D eigenvalue weighted by atomic mass is 35.5. The maximum Gasteiger partial charge on any atom is 0.171 e. The minimum Gasteiger partial charge on any atom is -0.409 e. The van der Waals surface area contributed by atoms with E-state index in [9.17, 15) is 0 Å². The van der Waals surface area contributed by atoms with Gasteiger partial charge < -0.3 is 10.9 Å². The van der Waals surface area contributed by atoms with Crippen molar-refractivity contribution in [2.75, 3.05) is 0 Å². The Morgan fingerprint density at radius 3 is 2.70 bits per heavy atom. The van der Waals surface area contributed by atoms with E-state index >= 15 is 0 Å². The summed E-state index contributed by atoms with van der Waals surface area (Å²) in [5, 5.41) is 13.2. The van der Waals surface area contributed by atoms with Gasteiger partial charge in [-0.1, -0.05) is 52.3 Å². The minimum absolute atomic E-state index is 0.0642. The first-order valence-corrected chi connectivity index (χ1v) is 7.30. The Kier molecular flexibility index (Phi) is 4.81. The second-order valence-corrected chi connectivity index (χ2v) is 6.01. The Hall–Kier alpha value is -1.36. The van der Waals surface area contributed by atoms with Crippen LogP contribution in [0, 0.1) is 6.92 Å². The molecule has 0 amide bonds. The van der Waals surface area contributed by atoms with Gasteiger partial charge in [-0.2, -0.15) is 0 Å². The second-order valence-electron chi connectivity index (χ2n) is 4.11. The van der Waals surface area contributed by atoms with E-state index in [0.717, 1.165) is 15.4 Å². The number of aryl methyl sites for hydroxylation is 1. The van der Waals surface area contributed by atoms with Crippen molar-refractivity contribution in [2.45, 2.75) is 16.7 Å². The maximum atomic E-state index is 8.87. The lowest BCUT2D eigenvalue weighted by molar-refractivity contribution is 0.318. The van der Waals surface area contributed by atoms with Crippen LogP contribution in [0.3, 0.4) is 0 Å². The summed E-state index contributed by atoms with van der Waals surface area (Å²) in [6, 6.07) is 10.9. The van der Waals surface area contributed by atoms with E-state index in [1.54, 1.807) is 24.3 Å². The molecule has 3 N–H and O–H groups in total. The van der Waals surface area contributed by atoms with Gasteiger partial charge in [0.2, 0.25) is 0 Å². The molecule has 6 heteroatoms. The van der Waals surface area contributed by atoms with Crippen LogP contribution in [0.4, 0.5) is 0 Å². The van der Waals surface area contributed by atoms with Crippen LogP contribution in [0.5, 0.6) is 0 Å². The third-order valence-electron chi connectivity index (χ3n) is 2.70. The van der Waals surface area contributed by atoms with Crippen LogP contribution < -0.4 is 5.73 Å². The van der Waals surface area contributed by atoms with Gasteiger partial charge in [-0.05, 0) is 36.8 Å². The number of hydrogen-bond acceptors (Lipinski definition) is 3. The number of rotatable bonds is 3. The van der Waals surface area contributed by atoms with Crippen LogP contribution in [0.25, 0.3) is 0 Å². The van der Waals surface area contributed by atoms with Gasteiger partial charge in [0.1, 0.15) is 0 Å². The molecule has 20 heavy (non-hydrogen) atoms. The molecule has 0 spiro atoms. The van der Waals surface area contributed by atoms with Gasteiger partial charge in [0.15, 0.2) is 5.84 Å². The Morgan fingerprint density at radius 2 is 2.00 bits per heavy atom. The predicted molar refractivity (Wildman–Crippen MR) is 84.3 cm³/mol. The van der Waals surface area contributed by atoms with Crippen LogP contribution in [-0.2, 0) is 0 Å². The molecular weight excluding hydrogens is 315 g/mol. The van der Waals surface area contributed by atoms with E-state index in [-0.39, 0.29) is 5.84 Å². The van der Waals surface area contributed by atoms with Crippen LogP contribution in [0.2, 0.25) is 10.0 Å². The summed E-state index contributed by atoms with van der Waals surface area (Å²) in [7, 11) is 0.